The van der Waals surface area contributed by atoms with Gasteiger partial charge in [0.2, 0.25) is 0 Å². The van der Waals surface area contributed by atoms with E-state index >= 15 is 0 Å². The van der Waals surface area contributed by atoms with E-state index in [1.165, 1.54) is 18.4 Å². The molecule has 2 rings (SSSR count). The van der Waals surface area contributed by atoms with Crippen LogP contribution in [0, 0.1) is 13.8 Å². The molecule has 1 aromatic heterocycles. The lowest BCUT2D eigenvalue weighted by Gasteiger charge is -2.33. The highest BCUT2D eigenvalue weighted by Gasteiger charge is 2.33. The molecule has 1 aromatic rings. The molecule has 0 bridgehead atoms. The highest BCUT2D eigenvalue weighted by Crippen LogP contribution is 2.33. The average molecular weight is 291 g/mol. The maximum atomic E-state index is 5.98. The van der Waals surface area contributed by atoms with Crippen molar-refractivity contribution in [3.63, 3.8) is 0 Å². The maximum Gasteiger partial charge on any atom is 0.160 e. The molecule has 1 atom stereocenters. The molecule has 1 unspecified atom stereocenters. The monoisotopic (exact) mass is 291 g/mol. The first-order chi connectivity index (χ1) is 10.1. The molecule has 4 heteroatoms. The van der Waals surface area contributed by atoms with Crippen molar-refractivity contribution in [1.82, 2.24) is 15.3 Å². The van der Waals surface area contributed by atoms with Gasteiger partial charge in [-0.05, 0) is 71.5 Å². The SMILES string of the molecule is CCCNCCc1c(C)nc(C2(C)CCCCO2)nc1C. The van der Waals surface area contributed by atoms with Crippen LogP contribution < -0.4 is 5.32 Å². The highest BCUT2D eigenvalue weighted by molar-refractivity contribution is 5.26. The zero-order chi connectivity index (χ0) is 15.3. The third kappa shape index (κ3) is 4.01. The Kier molecular flexibility index (Phi) is 5.71. The van der Waals surface area contributed by atoms with E-state index in [1.54, 1.807) is 0 Å². The Bertz CT molecular complexity index is 444. The second-order valence-corrected chi connectivity index (χ2v) is 6.23. The van der Waals surface area contributed by atoms with Crippen LogP contribution in [0.1, 0.15) is 62.3 Å². The van der Waals surface area contributed by atoms with E-state index in [9.17, 15) is 0 Å². The first-order valence-corrected chi connectivity index (χ1v) is 8.26. The fraction of sp³-hybridized carbons (Fsp3) is 0.765. The minimum atomic E-state index is -0.299. The first kappa shape index (κ1) is 16.4. The molecule has 0 saturated carbocycles. The Morgan fingerprint density at radius 1 is 1.14 bits per heavy atom. The molecule has 0 radical (unpaired) electrons. The zero-order valence-corrected chi connectivity index (χ0v) is 14.0. The fourth-order valence-corrected chi connectivity index (χ4v) is 2.96. The number of hydrogen-bond acceptors (Lipinski definition) is 4. The van der Waals surface area contributed by atoms with Crippen LogP contribution >= 0.6 is 0 Å². The predicted molar refractivity (Wildman–Crippen MR) is 85.5 cm³/mol. The predicted octanol–water partition coefficient (Wildman–Crippen LogP) is 3.05. The van der Waals surface area contributed by atoms with Crippen LogP contribution in [0.2, 0.25) is 0 Å². The summed E-state index contributed by atoms with van der Waals surface area (Å²) in [4.78, 5) is 9.53. The number of ether oxygens (including phenoxy) is 1. The summed E-state index contributed by atoms with van der Waals surface area (Å²) in [7, 11) is 0. The normalized spacial score (nSPS) is 22.5. The maximum absolute atomic E-state index is 5.98. The summed E-state index contributed by atoms with van der Waals surface area (Å²) in [6.07, 6.45) is 5.53. The third-order valence-corrected chi connectivity index (χ3v) is 4.34. The summed E-state index contributed by atoms with van der Waals surface area (Å²) < 4.78 is 5.98. The van der Waals surface area contributed by atoms with E-state index in [1.807, 2.05) is 0 Å². The number of aromatic nitrogens is 2. The van der Waals surface area contributed by atoms with E-state index < -0.39 is 0 Å². The number of hydrogen-bond donors (Lipinski definition) is 1. The summed E-state index contributed by atoms with van der Waals surface area (Å²) in [5.74, 6) is 0.863. The zero-order valence-electron chi connectivity index (χ0n) is 14.0. The van der Waals surface area contributed by atoms with E-state index in [-0.39, 0.29) is 5.60 Å². The lowest BCUT2D eigenvalue weighted by atomic mass is 9.94. The molecular weight excluding hydrogens is 262 g/mol. The van der Waals surface area contributed by atoms with Gasteiger partial charge in [-0.1, -0.05) is 6.92 Å². The average Bonchev–Trinajstić information content (AvgIpc) is 2.46. The number of rotatable bonds is 6. The van der Waals surface area contributed by atoms with E-state index in [0.717, 1.165) is 56.2 Å². The molecular formula is C17H29N3O. The van der Waals surface area contributed by atoms with Gasteiger partial charge in [-0.2, -0.15) is 0 Å². The van der Waals surface area contributed by atoms with Crippen molar-refractivity contribution in [2.75, 3.05) is 19.7 Å². The Balaban J connectivity index is 2.12. The molecule has 0 aromatic carbocycles. The van der Waals surface area contributed by atoms with Crippen molar-refractivity contribution in [2.45, 2.75) is 65.4 Å². The van der Waals surface area contributed by atoms with Gasteiger partial charge in [0.25, 0.3) is 0 Å². The van der Waals surface area contributed by atoms with Gasteiger partial charge in [0.1, 0.15) is 5.60 Å². The first-order valence-electron chi connectivity index (χ1n) is 8.26. The molecule has 1 aliphatic heterocycles. The molecule has 0 spiro atoms. The minimum Gasteiger partial charge on any atom is -0.367 e. The molecule has 1 aliphatic rings. The lowest BCUT2D eigenvalue weighted by Crippen LogP contribution is -2.33. The molecule has 1 fully saturated rings. The fourth-order valence-electron chi connectivity index (χ4n) is 2.96. The molecule has 118 valence electrons. The lowest BCUT2D eigenvalue weighted by molar-refractivity contribution is -0.0762. The number of nitrogens with zero attached hydrogens (tertiary/aromatic N) is 2. The standard InChI is InChI=1S/C17H29N3O/c1-5-10-18-11-8-15-13(2)19-16(20-14(15)3)17(4)9-6-7-12-21-17/h18H,5-12H2,1-4H3. The number of nitrogens with one attached hydrogen (secondary N) is 1. The third-order valence-electron chi connectivity index (χ3n) is 4.34. The molecule has 2 heterocycles. The van der Waals surface area contributed by atoms with Gasteiger partial charge < -0.3 is 10.1 Å². The minimum absolute atomic E-state index is 0.299. The van der Waals surface area contributed by atoms with Gasteiger partial charge in [-0.3, -0.25) is 0 Å². The van der Waals surface area contributed by atoms with Crippen molar-refractivity contribution in [2.24, 2.45) is 0 Å². The quantitative estimate of drug-likeness (QED) is 0.818. The topological polar surface area (TPSA) is 47.0 Å². The summed E-state index contributed by atoms with van der Waals surface area (Å²) in [5, 5.41) is 3.44. The van der Waals surface area contributed by atoms with Crippen molar-refractivity contribution < 1.29 is 4.74 Å². The Hall–Kier alpha value is -1.00. The molecule has 1 saturated heterocycles. The van der Waals surface area contributed by atoms with Crippen molar-refractivity contribution in [1.29, 1.82) is 0 Å². The summed E-state index contributed by atoms with van der Waals surface area (Å²) in [6.45, 7) is 11.4. The molecule has 21 heavy (non-hydrogen) atoms. The van der Waals surface area contributed by atoms with E-state index in [0.29, 0.717) is 0 Å². The number of aryl methyl sites for hydroxylation is 2. The Morgan fingerprint density at radius 3 is 2.43 bits per heavy atom. The van der Waals surface area contributed by atoms with E-state index in [4.69, 9.17) is 14.7 Å². The summed E-state index contributed by atoms with van der Waals surface area (Å²) in [6, 6.07) is 0. The molecule has 0 amide bonds. The summed E-state index contributed by atoms with van der Waals surface area (Å²) in [5.41, 5.74) is 3.19. The van der Waals surface area contributed by atoms with Crippen LogP contribution in [0.3, 0.4) is 0 Å². The van der Waals surface area contributed by atoms with Crippen LogP contribution in [0.15, 0.2) is 0 Å². The molecule has 4 nitrogen and oxygen atoms in total. The second-order valence-electron chi connectivity index (χ2n) is 6.23. The smallest absolute Gasteiger partial charge is 0.160 e. The van der Waals surface area contributed by atoms with Gasteiger partial charge in [-0.15, -0.1) is 0 Å². The van der Waals surface area contributed by atoms with Gasteiger partial charge in [0, 0.05) is 18.0 Å². The second kappa shape index (κ2) is 7.32. The van der Waals surface area contributed by atoms with E-state index in [2.05, 4.69) is 33.0 Å². The Morgan fingerprint density at radius 2 is 1.86 bits per heavy atom. The van der Waals surface area contributed by atoms with Crippen LogP contribution in [-0.4, -0.2) is 29.7 Å². The van der Waals surface area contributed by atoms with Crippen LogP contribution in [0.25, 0.3) is 0 Å². The van der Waals surface area contributed by atoms with Crippen molar-refractivity contribution in [3.05, 3.63) is 22.8 Å². The Labute approximate surface area is 128 Å². The largest absolute Gasteiger partial charge is 0.367 e. The van der Waals surface area contributed by atoms with Gasteiger partial charge >= 0.3 is 0 Å². The van der Waals surface area contributed by atoms with Crippen molar-refractivity contribution in [3.8, 4) is 0 Å². The molecule has 0 aliphatic carbocycles. The van der Waals surface area contributed by atoms with Gasteiger partial charge in [-0.25, -0.2) is 9.97 Å². The molecule has 1 N–H and O–H groups in total. The van der Waals surface area contributed by atoms with Crippen LogP contribution in [0.5, 0.6) is 0 Å². The van der Waals surface area contributed by atoms with Gasteiger partial charge in [0.15, 0.2) is 5.82 Å². The van der Waals surface area contributed by atoms with Crippen LogP contribution in [0.4, 0.5) is 0 Å². The van der Waals surface area contributed by atoms with Crippen LogP contribution in [-0.2, 0) is 16.8 Å². The summed E-state index contributed by atoms with van der Waals surface area (Å²) >= 11 is 0. The van der Waals surface area contributed by atoms with Crippen molar-refractivity contribution >= 4 is 0 Å². The van der Waals surface area contributed by atoms with Gasteiger partial charge in [0.05, 0.1) is 0 Å². The highest BCUT2D eigenvalue weighted by atomic mass is 16.5.